The molecule has 2 aromatic carbocycles. The van der Waals surface area contributed by atoms with Crippen LogP contribution in [0.5, 0.6) is 0 Å². The lowest BCUT2D eigenvalue weighted by Gasteiger charge is -2.06. The first-order valence-electron chi connectivity index (χ1n) is 5.70. The van der Waals surface area contributed by atoms with E-state index in [0.29, 0.717) is 16.1 Å². The molecule has 98 valence electrons. The van der Waals surface area contributed by atoms with Crippen LogP contribution in [-0.2, 0) is 6.42 Å². The molecule has 0 aliphatic rings. The number of aryl methyl sites for hydroxylation is 1. The molecule has 2 aromatic rings. The molecule has 0 unspecified atom stereocenters. The van der Waals surface area contributed by atoms with Crippen LogP contribution in [0.15, 0.2) is 36.4 Å². The highest BCUT2D eigenvalue weighted by molar-refractivity contribution is 6.31. The van der Waals surface area contributed by atoms with Crippen molar-refractivity contribution >= 4 is 29.0 Å². The molecule has 19 heavy (non-hydrogen) atoms. The van der Waals surface area contributed by atoms with E-state index in [2.05, 4.69) is 0 Å². The van der Waals surface area contributed by atoms with Gasteiger partial charge in [0.15, 0.2) is 5.78 Å². The topological polar surface area (TPSA) is 17.1 Å². The molecule has 0 aliphatic heterocycles. The van der Waals surface area contributed by atoms with Gasteiger partial charge >= 0.3 is 0 Å². The number of Topliss-reactive ketones (excluding diaryl/α,β-unsaturated/α-hetero) is 1. The van der Waals surface area contributed by atoms with Crippen molar-refractivity contribution in [2.75, 3.05) is 0 Å². The number of carbonyl (C=O) groups excluding carboxylic acids is 1. The van der Waals surface area contributed by atoms with Crippen molar-refractivity contribution in [1.82, 2.24) is 0 Å². The summed E-state index contributed by atoms with van der Waals surface area (Å²) in [7, 11) is 0. The van der Waals surface area contributed by atoms with Crippen LogP contribution in [0.2, 0.25) is 10.0 Å². The number of ketones is 1. The zero-order chi connectivity index (χ0) is 14.0. The Labute approximate surface area is 121 Å². The second-order valence-electron chi connectivity index (χ2n) is 4.31. The van der Waals surface area contributed by atoms with E-state index in [-0.39, 0.29) is 17.2 Å². The van der Waals surface area contributed by atoms with Crippen molar-refractivity contribution in [3.8, 4) is 0 Å². The van der Waals surface area contributed by atoms with Crippen molar-refractivity contribution < 1.29 is 9.18 Å². The van der Waals surface area contributed by atoms with Crippen LogP contribution in [0.1, 0.15) is 21.5 Å². The van der Waals surface area contributed by atoms with E-state index in [1.54, 1.807) is 24.3 Å². The van der Waals surface area contributed by atoms with Gasteiger partial charge in [0.2, 0.25) is 0 Å². The monoisotopic (exact) mass is 296 g/mol. The van der Waals surface area contributed by atoms with E-state index in [4.69, 9.17) is 23.2 Å². The number of carbonyl (C=O) groups is 1. The third-order valence-corrected chi connectivity index (χ3v) is 3.39. The average molecular weight is 297 g/mol. The number of rotatable bonds is 3. The standard InChI is InChI=1S/C15H11Cl2FO/c1-9-2-4-11(16)8-12(9)15(19)7-10-3-5-13(17)14(18)6-10/h2-6,8H,7H2,1H3. The zero-order valence-corrected chi connectivity index (χ0v) is 11.7. The quantitative estimate of drug-likeness (QED) is 0.739. The van der Waals surface area contributed by atoms with Crippen LogP contribution >= 0.6 is 23.2 Å². The van der Waals surface area contributed by atoms with Crippen LogP contribution in [0.3, 0.4) is 0 Å². The summed E-state index contributed by atoms with van der Waals surface area (Å²) in [5, 5.41) is 0.561. The van der Waals surface area contributed by atoms with E-state index in [1.807, 2.05) is 6.92 Å². The highest BCUT2D eigenvalue weighted by atomic mass is 35.5. The van der Waals surface area contributed by atoms with Gasteiger partial charge in [0.25, 0.3) is 0 Å². The van der Waals surface area contributed by atoms with E-state index in [1.165, 1.54) is 12.1 Å². The number of benzene rings is 2. The highest BCUT2D eigenvalue weighted by Gasteiger charge is 2.11. The number of hydrogen-bond acceptors (Lipinski definition) is 1. The van der Waals surface area contributed by atoms with Crippen molar-refractivity contribution in [3.05, 3.63) is 69.0 Å². The highest BCUT2D eigenvalue weighted by Crippen LogP contribution is 2.20. The second-order valence-corrected chi connectivity index (χ2v) is 5.15. The SMILES string of the molecule is Cc1ccc(Cl)cc1C(=O)Cc1ccc(Cl)c(F)c1. The summed E-state index contributed by atoms with van der Waals surface area (Å²) >= 11 is 11.5. The van der Waals surface area contributed by atoms with Crippen LogP contribution in [0.4, 0.5) is 4.39 Å². The van der Waals surface area contributed by atoms with Crippen molar-refractivity contribution in [2.45, 2.75) is 13.3 Å². The molecule has 4 heteroatoms. The maximum atomic E-state index is 13.3. The summed E-state index contributed by atoms with van der Waals surface area (Å²) in [5.74, 6) is -0.614. The summed E-state index contributed by atoms with van der Waals surface area (Å²) in [6.45, 7) is 1.84. The molecular formula is C15H11Cl2FO. The molecule has 0 radical (unpaired) electrons. The first-order chi connectivity index (χ1) is 8.97. The molecule has 0 atom stereocenters. The van der Waals surface area contributed by atoms with Crippen molar-refractivity contribution in [3.63, 3.8) is 0 Å². The average Bonchev–Trinajstić information content (AvgIpc) is 2.36. The minimum absolute atomic E-state index is 0.0511. The number of hydrogen-bond donors (Lipinski definition) is 0. The molecule has 0 heterocycles. The first kappa shape index (κ1) is 14.0. The van der Waals surface area contributed by atoms with Crippen LogP contribution in [-0.4, -0.2) is 5.78 Å². The van der Waals surface area contributed by atoms with Crippen molar-refractivity contribution in [2.24, 2.45) is 0 Å². The molecule has 0 bridgehead atoms. The summed E-state index contributed by atoms with van der Waals surface area (Å²) in [5.41, 5.74) is 2.00. The van der Waals surface area contributed by atoms with Gasteiger partial charge in [-0.1, -0.05) is 35.3 Å². The Kier molecular flexibility index (Phi) is 4.23. The van der Waals surface area contributed by atoms with Gasteiger partial charge in [-0.2, -0.15) is 0 Å². The van der Waals surface area contributed by atoms with Crippen LogP contribution in [0.25, 0.3) is 0 Å². The van der Waals surface area contributed by atoms with Gasteiger partial charge in [-0.3, -0.25) is 4.79 Å². The largest absolute Gasteiger partial charge is 0.294 e. The molecule has 0 N–H and O–H groups in total. The van der Waals surface area contributed by atoms with Gasteiger partial charge in [-0.05, 0) is 42.3 Å². The maximum absolute atomic E-state index is 13.3. The fraction of sp³-hybridized carbons (Fsp3) is 0.133. The predicted octanol–water partition coefficient (Wildman–Crippen LogP) is 4.87. The maximum Gasteiger partial charge on any atom is 0.167 e. The van der Waals surface area contributed by atoms with Gasteiger partial charge in [0.1, 0.15) is 5.82 Å². The molecule has 0 aromatic heterocycles. The Morgan fingerprint density at radius 3 is 2.58 bits per heavy atom. The fourth-order valence-corrected chi connectivity index (χ4v) is 2.11. The summed E-state index contributed by atoms with van der Waals surface area (Å²) in [4.78, 5) is 12.2. The Bertz CT molecular complexity index is 638. The van der Waals surface area contributed by atoms with Crippen molar-refractivity contribution in [1.29, 1.82) is 0 Å². The minimum Gasteiger partial charge on any atom is -0.294 e. The van der Waals surface area contributed by atoms with E-state index >= 15 is 0 Å². The molecule has 1 nitrogen and oxygen atoms in total. The van der Waals surface area contributed by atoms with E-state index in [0.717, 1.165) is 5.56 Å². The second kappa shape index (κ2) is 5.72. The lowest BCUT2D eigenvalue weighted by atomic mass is 9.99. The van der Waals surface area contributed by atoms with Crippen LogP contribution < -0.4 is 0 Å². The third-order valence-electron chi connectivity index (χ3n) is 2.85. The van der Waals surface area contributed by atoms with E-state index < -0.39 is 5.82 Å². The van der Waals surface area contributed by atoms with Crippen LogP contribution in [0, 0.1) is 12.7 Å². The Hall–Kier alpha value is -1.38. The first-order valence-corrected chi connectivity index (χ1v) is 6.46. The van der Waals surface area contributed by atoms with Gasteiger partial charge in [0.05, 0.1) is 5.02 Å². The summed E-state index contributed by atoms with van der Waals surface area (Å²) < 4.78 is 13.3. The number of halogens is 3. The molecule has 0 saturated carbocycles. The zero-order valence-electron chi connectivity index (χ0n) is 10.2. The molecule has 0 aliphatic carbocycles. The van der Waals surface area contributed by atoms with Gasteiger partial charge in [0, 0.05) is 17.0 Å². The smallest absolute Gasteiger partial charge is 0.167 e. The molecular weight excluding hydrogens is 286 g/mol. The lowest BCUT2D eigenvalue weighted by Crippen LogP contribution is -2.06. The molecule has 2 rings (SSSR count). The summed E-state index contributed by atoms with van der Waals surface area (Å²) in [6, 6.07) is 9.52. The lowest BCUT2D eigenvalue weighted by molar-refractivity contribution is 0.0992. The van der Waals surface area contributed by atoms with Gasteiger partial charge in [-0.25, -0.2) is 4.39 Å². The summed E-state index contributed by atoms with van der Waals surface area (Å²) in [6.07, 6.45) is 0.120. The van der Waals surface area contributed by atoms with E-state index in [9.17, 15) is 9.18 Å². The van der Waals surface area contributed by atoms with Gasteiger partial charge in [-0.15, -0.1) is 0 Å². The Balaban J connectivity index is 2.25. The molecule has 0 spiro atoms. The van der Waals surface area contributed by atoms with Gasteiger partial charge < -0.3 is 0 Å². The molecule has 0 saturated heterocycles. The molecule has 0 amide bonds. The Morgan fingerprint density at radius 1 is 1.16 bits per heavy atom. The fourth-order valence-electron chi connectivity index (χ4n) is 1.82. The Morgan fingerprint density at radius 2 is 1.89 bits per heavy atom. The molecule has 0 fully saturated rings. The normalized spacial score (nSPS) is 10.5. The third kappa shape index (κ3) is 3.34. The minimum atomic E-state index is -0.519. The predicted molar refractivity (Wildman–Crippen MR) is 75.6 cm³/mol.